The molecule has 146 valence electrons. The van der Waals surface area contributed by atoms with E-state index in [9.17, 15) is 9.59 Å². The third-order valence-corrected chi connectivity index (χ3v) is 5.73. The lowest BCUT2D eigenvalue weighted by Crippen LogP contribution is -2.25. The zero-order valence-corrected chi connectivity index (χ0v) is 16.9. The number of fused-ring (bicyclic) bond motifs is 1. The first-order valence-corrected chi connectivity index (χ1v) is 10.0. The fourth-order valence-corrected chi connectivity index (χ4v) is 3.96. The summed E-state index contributed by atoms with van der Waals surface area (Å²) in [4.78, 5) is 26.3. The average Bonchev–Trinajstić information content (AvgIpc) is 2.71. The van der Waals surface area contributed by atoms with Gasteiger partial charge < -0.3 is 15.4 Å². The van der Waals surface area contributed by atoms with Crippen LogP contribution in [0.15, 0.2) is 70.5 Å². The minimum absolute atomic E-state index is 0.00891. The Morgan fingerprint density at radius 1 is 1.03 bits per heavy atom. The molecule has 5 nitrogen and oxygen atoms in total. The molecule has 1 heterocycles. The van der Waals surface area contributed by atoms with Gasteiger partial charge in [-0.15, -0.1) is 0 Å². The first kappa shape index (κ1) is 19.1. The van der Waals surface area contributed by atoms with E-state index >= 15 is 0 Å². The van der Waals surface area contributed by atoms with Gasteiger partial charge in [0.2, 0.25) is 0 Å². The van der Waals surface area contributed by atoms with Gasteiger partial charge in [-0.25, -0.2) is 0 Å². The van der Waals surface area contributed by atoms with Crippen molar-refractivity contribution in [3.05, 3.63) is 77.4 Å². The second kappa shape index (κ2) is 8.01. The van der Waals surface area contributed by atoms with Gasteiger partial charge in [-0.05, 0) is 67.9 Å². The monoisotopic (exact) mass is 404 g/mol. The summed E-state index contributed by atoms with van der Waals surface area (Å²) in [5.41, 5.74) is 4.16. The number of amides is 2. The van der Waals surface area contributed by atoms with Gasteiger partial charge >= 0.3 is 0 Å². The fraction of sp³-hybridized carbons (Fsp3) is 0.130. The van der Waals surface area contributed by atoms with Crippen LogP contribution in [0.4, 0.5) is 11.4 Å². The topological polar surface area (TPSA) is 67.4 Å². The quantitative estimate of drug-likeness (QED) is 0.639. The molecule has 4 rings (SSSR count). The zero-order valence-electron chi connectivity index (χ0n) is 16.1. The number of nitrogens with one attached hydrogen (secondary N) is 2. The van der Waals surface area contributed by atoms with Crippen LogP contribution in [0.2, 0.25) is 0 Å². The molecular weight excluding hydrogens is 384 g/mol. The molecule has 0 unspecified atom stereocenters. The van der Waals surface area contributed by atoms with E-state index in [4.69, 9.17) is 4.74 Å². The third kappa shape index (κ3) is 4.43. The Bertz CT molecular complexity index is 1090. The third-order valence-electron chi connectivity index (χ3n) is 4.55. The summed E-state index contributed by atoms with van der Waals surface area (Å²) >= 11 is 1.70. The maximum atomic E-state index is 12.6. The summed E-state index contributed by atoms with van der Waals surface area (Å²) in [5.74, 6) is 0.0864. The molecule has 2 N–H and O–H groups in total. The lowest BCUT2D eigenvalue weighted by Gasteiger charge is -2.18. The predicted octanol–water partition coefficient (Wildman–Crippen LogP) is 5.04. The maximum Gasteiger partial charge on any atom is 0.262 e. The molecule has 0 saturated heterocycles. The minimum Gasteiger partial charge on any atom is -0.482 e. The number of hydrogen-bond acceptors (Lipinski definition) is 4. The van der Waals surface area contributed by atoms with Crippen LogP contribution in [0.5, 0.6) is 5.75 Å². The van der Waals surface area contributed by atoms with Gasteiger partial charge in [-0.1, -0.05) is 29.5 Å². The van der Waals surface area contributed by atoms with E-state index in [0.717, 1.165) is 4.90 Å². The van der Waals surface area contributed by atoms with Gasteiger partial charge in [0.15, 0.2) is 6.61 Å². The zero-order chi connectivity index (χ0) is 20.4. The molecule has 0 spiro atoms. The smallest absolute Gasteiger partial charge is 0.262 e. The van der Waals surface area contributed by atoms with Crippen molar-refractivity contribution in [2.75, 3.05) is 17.2 Å². The largest absolute Gasteiger partial charge is 0.482 e. The molecule has 2 amide bonds. The van der Waals surface area contributed by atoms with Crippen molar-refractivity contribution in [1.82, 2.24) is 0 Å². The van der Waals surface area contributed by atoms with Gasteiger partial charge in [0, 0.05) is 21.0 Å². The number of rotatable bonds is 4. The maximum absolute atomic E-state index is 12.6. The normalized spacial score (nSPS) is 12.6. The molecule has 0 fully saturated rings. The van der Waals surface area contributed by atoms with Crippen molar-refractivity contribution in [2.45, 2.75) is 23.6 Å². The van der Waals surface area contributed by atoms with Crippen molar-refractivity contribution < 1.29 is 14.3 Å². The number of hydrogen-bond donors (Lipinski definition) is 2. The molecule has 1 aliphatic heterocycles. The van der Waals surface area contributed by atoms with E-state index in [0.29, 0.717) is 22.7 Å². The van der Waals surface area contributed by atoms with Gasteiger partial charge in [-0.3, -0.25) is 9.59 Å². The van der Waals surface area contributed by atoms with Crippen LogP contribution in [0.1, 0.15) is 21.5 Å². The number of carbonyl (C=O) groups excluding carboxylic acids is 2. The lowest BCUT2D eigenvalue weighted by atomic mass is 10.1. The van der Waals surface area contributed by atoms with Crippen LogP contribution in [-0.2, 0) is 4.79 Å². The van der Waals surface area contributed by atoms with Crippen molar-refractivity contribution >= 4 is 35.0 Å². The highest BCUT2D eigenvalue weighted by Crippen LogP contribution is 2.32. The first-order valence-electron chi connectivity index (χ1n) is 9.21. The van der Waals surface area contributed by atoms with Crippen LogP contribution < -0.4 is 15.4 Å². The molecule has 3 aromatic rings. The Morgan fingerprint density at radius 2 is 1.83 bits per heavy atom. The summed E-state index contributed by atoms with van der Waals surface area (Å²) in [6.45, 7) is 4.18. The molecule has 0 bridgehead atoms. The van der Waals surface area contributed by atoms with Crippen LogP contribution in [0.25, 0.3) is 0 Å². The molecule has 0 aromatic heterocycles. The van der Waals surface area contributed by atoms with Gasteiger partial charge in [-0.2, -0.15) is 0 Å². The Morgan fingerprint density at radius 3 is 2.59 bits per heavy atom. The van der Waals surface area contributed by atoms with E-state index in [2.05, 4.69) is 42.7 Å². The molecule has 6 heteroatoms. The highest BCUT2D eigenvalue weighted by Gasteiger charge is 2.18. The van der Waals surface area contributed by atoms with Gasteiger partial charge in [0.1, 0.15) is 5.75 Å². The molecular formula is C23H20N2O3S. The number of ether oxygens (including phenoxy) is 1. The minimum atomic E-state index is -0.248. The molecule has 0 saturated carbocycles. The summed E-state index contributed by atoms with van der Waals surface area (Å²) in [6.07, 6.45) is 0. The molecule has 1 aliphatic rings. The Kier molecular flexibility index (Phi) is 5.27. The second-order valence-corrected chi connectivity index (χ2v) is 8.01. The number of carbonyl (C=O) groups is 2. The van der Waals surface area contributed by atoms with Gasteiger partial charge in [0.25, 0.3) is 11.8 Å². The SMILES string of the molecule is Cc1ccc(Sc2ccc(NC(=O)c3ccc4c(c3)NC(=O)CO4)cc2)c(C)c1. The van der Waals surface area contributed by atoms with Crippen LogP contribution in [0, 0.1) is 13.8 Å². The number of benzene rings is 3. The molecule has 3 aromatic carbocycles. The standard InChI is InChI=1S/C23H20N2O3S/c1-14-3-10-21(15(2)11-14)29-18-7-5-17(6-8-18)24-23(27)16-4-9-20-19(12-16)25-22(26)13-28-20/h3-12H,13H2,1-2H3,(H,24,27)(H,25,26). The van der Waals surface area contributed by atoms with Crippen molar-refractivity contribution in [3.8, 4) is 5.75 Å². The highest BCUT2D eigenvalue weighted by molar-refractivity contribution is 7.99. The van der Waals surface area contributed by atoms with E-state index in [-0.39, 0.29) is 18.4 Å². The fourth-order valence-electron chi connectivity index (χ4n) is 3.07. The van der Waals surface area contributed by atoms with Crippen LogP contribution in [-0.4, -0.2) is 18.4 Å². The number of aryl methyl sites for hydroxylation is 2. The average molecular weight is 404 g/mol. The Balaban J connectivity index is 1.44. The van der Waals surface area contributed by atoms with E-state index < -0.39 is 0 Å². The summed E-state index contributed by atoms with van der Waals surface area (Å²) in [5, 5.41) is 5.60. The van der Waals surface area contributed by atoms with E-state index in [1.165, 1.54) is 16.0 Å². The first-order chi connectivity index (χ1) is 14.0. The van der Waals surface area contributed by atoms with Gasteiger partial charge in [0.05, 0.1) is 5.69 Å². The highest BCUT2D eigenvalue weighted by atomic mass is 32.2. The summed E-state index contributed by atoms with van der Waals surface area (Å²) < 4.78 is 5.32. The molecule has 0 atom stereocenters. The van der Waals surface area contributed by atoms with Crippen molar-refractivity contribution in [3.63, 3.8) is 0 Å². The Labute approximate surface area is 173 Å². The second-order valence-electron chi connectivity index (χ2n) is 6.90. The molecule has 0 aliphatic carbocycles. The van der Waals surface area contributed by atoms with Crippen molar-refractivity contribution in [1.29, 1.82) is 0 Å². The molecule has 29 heavy (non-hydrogen) atoms. The van der Waals surface area contributed by atoms with E-state index in [1.807, 2.05) is 24.3 Å². The predicted molar refractivity (Wildman–Crippen MR) is 115 cm³/mol. The van der Waals surface area contributed by atoms with Crippen LogP contribution in [0.3, 0.4) is 0 Å². The number of anilines is 2. The van der Waals surface area contributed by atoms with Crippen LogP contribution >= 0.6 is 11.8 Å². The summed E-state index contributed by atoms with van der Waals surface area (Å²) in [6, 6.07) is 19.1. The lowest BCUT2D eigenvalue weighted by molar-refractivity contribution is -0.118. The Hall–Kier alpha value is -3.25. The van der Waals surface area contributed by atoms with Crippen molar-refractivity contribution in [2.24, 2.45) is 0 Å². The van der Waals surface area contributed by atoms with E-state index in [1.54, 1.807) is 30.0 Å². The molecule has 0 radical (unpaired) electrons. The summed E-state index contributed by atoms with van der Waals surface area (Å²) in [7, 11) is 0.